The predicted octanol–water partition coefficient (Wildman–Crippen LogP) is 2.01. The minimum atomic E-state index is -0.466. The highest BCUT2D eigenvalue weighted by molar-refractivity contribution is 5.77. The number of nitrogens with zero attached hydrogens (tertiary/aromatic N) is 3. The molecule has 0 aliphatic carbocycles. The van der Waals surface area contributed by atoms with Gasteiger partial charge in [-0.05, 0) is 26.0 Å². The van der Waals surface area contributed by atoms with Crippen LogP contribution in [-0.2, 0) is 0 Å². The van der Waals surface area contributed by atoms with Crippen molar-refractivity contribution in [3.8, 4) is 6.07 Å². The van der Waals surface area contributed by atoms with Crippen LogP contribution in [0.2, 0.25) is 0 Å². The van der Waals surface area contributed by atoms with Crippen LogP contribution < -0.4 is 16.2 Å². The molecule has 1 aromatic rings. The van der Waals surface area contributed by atoms with Crippen molar-refractivity contribution in [2.75, 3.05) is 16.9 Å². The van der Waals surface area contributed by atoms with Crippen molar-refractivity contribution < 1.29 is 4.92 Å². The normalized spacial score (nSPS) is 10.1. The molecule has 0 atom stereocenters. The molecule has 1 rings (SSSR count). The number of nitrogen functional groups attached to an aromatic ring is 1. The Morgan fingerprint density at radius 1 is 1.58 bits per heavy atom. The van der Waals surface area contributed by atoms with E-state index < -0.39 is 4.92 Å². The number of para-hydroxylation sites is 1. The van der Waals surface area contributed by atoms with E-state index in [0.717, 1.165) is 0 Å². The van der Waals surface area contributed by atoms with Crippen LogP contribution in [0.4, 0.5) is 17.1 Å². The average Bonchev–Trinajstić information content (AvgIpc) is 2.38. The highest BCUT2D eigenvalue weighted by Crippen LogP contribution is 2.35. The van der Waals surface area contributed by atoms with Gasteiger partial charge in [0, 0.05) is 12.6 Å². The summed E-state index contributed by atoms with van der Waals surface area (Å²) in [5, 5.41) is 19.9. The van der Waals surface area contributed by atoms with Crippen molar-refractivity contribution in [1.82, 2.24) is 0 Å². The smallest absolute Gasteiger partial charge is 0.316 e. The number of hydrogen-bond acceptors (Lipinski definition) is 6. The number of benzene rings is 1. The molecule has 0 heterocycles. The number of nitrogens with one attached hydrogen (secondary N) is 1. The topological polar surface area (TPSA) is 108 Å². The van der Waals surface area contributed by atoms with Gasteiger partial charge in [-0.1, -0.05) is 6.07 Å². The maximum absolute atomic E-state index is 11.2. The van der Waals surface area contributed by atoms with Crippen molar-refractivity contribution in [3.63, 3.8) is 0 Å². The van der Waals surface area contributed by atoms with Crippen molar-refractivity contribution in [1.29, 1.82) is 5.26 Å². The molecule has 7 heteroatoms. The fraction of sp³-hybridized carbons (Fsp3) is 0.417. The minimum absolute atomic E-state index is 0.0417. The number of hydrazine groups is 1. The molecule has 0 saturated heterocycles. The van der Waals surface area contributed by atoms with Crippen LogP contribution in [-0.4, -0.2) is 17.5 Å². The second kappa shape index (κ2) is 6.56. The van der Waals surface area contributed by atoms with Gasteiger partial charge in [-0.25, -0.2) is 0 Å². The highest BCUT2D eigenvalue weighted by atomic mass is 16.6. The highest BCUT2D eigenvalue weighted by Gasteiger charge is 2.24. The standard InChI is InChI=1S/C12H17N5O2/c1-9(2)16(8-4-7-13)11-6-3-5-10(15-14)12(11)17(18)19/h3,5-6,9,15H,4,8,14H2,1-2H3. The third-order valence-corrected chi connectivity index (χ3v) is 2.75. The quantitative estimate of drug-likeness (QED) is 0.461. The molecule has 1 aromatic carbocycles. The molecule has 0 spiro atoms. The van der Waals surface area contributed by atoms with Crippen LogP contribution in [0.5, 0.6) is 0 Å². The molecular formula is C12H17N5O2. The average molecular weight is 263 g/mol. The monoisotopic (exact) mass is 263 g/mol. The van der Waals surface area contributed by atoms with Crippen molar-refractivity contribution in [3.05, 3.63) is 28.3 Å². The van der Waals surface area contributed by atoms with E-state index in [1.165, 1.54) is 0 Å². The number of nitro groups is 1. The molecule has 7 nitrogen and oxygen atoms in total. The van der Waals surface area contributed by atoms with Crippen LogP contribution in [0.15, 0.2) is 18.2 Å². The van der Waals surface area contributed by atoms with Crippen LogP contribution in [0, 0.1) is 21.4 Å². The fourth-order valence-corrected chi connectivity index (χ4v) is 1.90. The molecule has 0 unspecified atom stereocenters. The SMILES string of the molecule is CC(C)N(CCC#N)c1cccc(NN)c1[N+](=O)[O-]. The molecule has 0 aliphatic rings. The van der Waals surface area contributed by atoms with Gasteiger partial charge in [0.1, 0.15) is 11.4 Å². The van der Waals surface area contributed by atoms with E-state index in [2.05, 4.69) is 5.43 Å². The van der Waals surface area contributed by atoms with E-state index in [0.29, 0.717) is 18.7 Å². The number of nitriles is 1. The van der Waals surface area contributed by atoms with Crippen LogP contribution in [0.1, 0.15) is 20.3 Å². The number of hydrogen-bond donors (Lipinski definition) is 2. The Morgan fingerprint density at radius 2 is 2.26 bits per heavy atom. The van der Waals surface area contributed by atoms with Gasteiger partial charge in [0.05, 0.1) is 17.4 Å². The first-order chi connectivity index (χ1) is 9.02. The van der Waals surface area contributed by atoms with E-state index in [-0.39, 0.29) is 17.4 Å². The Labute approximate surface area is 111 Å². The van der Waals surface area contributed by atoms with Crippen LogP contribution in [0.25, 0.3) is 0 Å². The lowest BCUT2D eigenvalue weighted by atomic mass is 10.1. The Bertz CT molecular complexity index is 495. The molecule has 0 fully saturated rings. The largest absolute Gasteiger partial charge is 0.362 e. The first kappa shape index (κ1) is 14.7. The summed E-state index contributed by atoms with van der Waals surface area (Å²) < 4.78 is 0. The summed E-state index contributed by atoms with van der Waals surface area (Å²) in [6, 6.07) is 6.99. The van der Waals surface area contributed by atoms with Gasteiger partial charge in [-0.3, -0.25) is 16.0 Å². The second-order valence-corrected chi connectivity index (χ2v) is 4.27. The number of rotatable bonds is 6. The maximum Gasteiger partial charge on any atom is 0.316 e. The summed E-state index contributed by atoms with van der Waals surface area (Å²) in [5.74, 6) is 5.31. The minimum Gasteiger partial charge on any atom is -0.362 e. The zero-order valence-electron chi connectivity index (χ0n) is 11.0. The summed E-state index contributed by atoms with van der Waals surface area (Å²) in [6.45, 7) is 4.27. The number of nitrogens with two attached hydrogens (primary N) is 1. The zero-order chi connectivity index (χ0) is 14.4. The molecule has 0 aromatic heterocycles. The lowest BCUT2D eigenvalue weighted by molar-refractivity contribution is -0.383. The van der Waals surface area contributed by atoms with Crippen molar-refractivity contribution >= 4 is 17.1 Å². The lowest BCUT2D eigenvalue weighted by Gasteiger charge is -2.28. The Kier molecular flexibility index (Phi) is 5.09. The number of anilines is 2. The maximum atomic E-state index is 11.2. The van der Waals surface area contributed by atoms with E-state index in [1.54, 1.807) is 18.2 Å². The van der Waals surface area contributed by atoms with E-state index >= 15 is 0 Å². The molecule has 3 N–H and O–H groups in total. The Balaban J connectivity index is 3.30. The first-order valence-corrected chi connectivity index (χ1v) is 5.90. The molecular weight excluding hydrogens is 246 g/mol. The van der Waals surface area contributed by atoms with Gasteiger partial charge in [-0.15, -0.1) is 0 Å². The van der Waals surface area contributed by atoms with E-state index in [9.17, 15) is 10.1 Å². The summed E-state index contributed by atoms with van der Waals surface area (Å²) in [5.41, 5.74) is 2.98. The van der Waals surface area contributed by atoms with Crippen LogP contribution in [0.3, 0.4) is 0 Å². The molecule has 19 heavy (non-hydrogen) atoms. The Hall–Kier alpha value is -2.33. The summed E-state index contributed by atoms with van der Waals surface area (Å²) in [7, 11) is 0. The first-order valence-electron chi connectivity index (χ1n) is 5.90. The molecule has 0 saturated carbocycles. The van der Waals surface area contributed by atoms with Crippen molar-refractivity contribution in [2.24, 2.45) is 5.84 Å². The van der Waals surface area contributed by atoms with E-state index in [4.69, 9.17) is 11.1 Å². The molecule has 0 bridgehead atoms. The molecule has 0 amide bonds. The van der Waals surface area contributed by atoms with Gasteiger partial charge in [-0.2, -0.15) is 5.26 Å². The Morgan fingerprint density at radius 3 is 2.74 bits per heavy atom. The zero-order valence-corrected chi connectivity index (χ0v) is 11.0. The summed E-state index contributed by atoms with van der Waals surface area (Å²) >= 11 is 0. The van der Waals surface area contributed by atoms with Gasteiger partial charge >= 0.3 is 5.69 Å². The molecule has 0 aliphatic heterocycles. The lowest BCUT2D eigenvalue weighted by Crippen LogP contribution is -2.32. The third-order valence-electron chi connectivity index (χ3n) is 2.75. The van der Waals surface area contributed by atoms with Crippen LogP contribution >= 0.6 is 0 Å². The van der Waals surface area contributed by atoms with Gasteiger partial charge < -0.3 is 10.3 Å². The summed E-state index contributed by atoms with van der Waals surface area (Å²) in [6.07, 6.45) is 0.301. The molecule has 102 valence electrons. The van der Waals surface area contributed by atoms with Gasteiger partial charge in [0.2, 0.25) is 0 Å². The summed E-state index contributed by atoms with van der Waals surface area (Å²) in [4.78, 5) is 12.6. The van der Waals surface area contributed by atoms with Crippen molar-refractivity contribution in [2.45, 2.75) is 26.3 Å². The number of nitro benzene ring substituents is 1. The third kappa shape index (κ3) is 3.33. The fourth-order valence-electron chi connectivity index (χ4n) is 1.90. The molecule has 0 radical (unpaired) electrons. The van der Waals surface area contributed by atoms with E-state index in [1.807, 2.05) is 24.8 Å². The van der Waals surface area contributed by atoms with Gasteiger partial charge in [0.25, 0.3) is 0 Å². The van der Waals surface area contributed by atoms with Gasteiger partial charge in [0.15, 0.2) is 0 Å². The predicted molar refractivity (Wildman–Crippen MR) is 73.6 cm³/mol. The second-order valence-electron chi connectivity index (χ2n) is 4.27.